The van der Waals surface area contributed by atoms with Crippen LogP contribution in [0.15, 0.2) is 18.2 Å². The summed E-state index contributed by atoms with van der Waals surface area (Å²) in [6.07, 6.45) is -0.367. The lowest BCUT2D eigenvalue weighted by Crippen LogP contribution is -2.38. The van der Waals surface area contributed by atoms with Crippen LogP contribution in [0, 0.1) is 0 Å². The topological polar surface area (TPSA) is 54.0 Å². The Hall–Kier alpha value is -1.30. The fourth-order valence-electron chi connectivity index (χ4n) is 2.22. The van der Waals surface area contributed by atoms with Crippen molar-refractivity contribution >= 4 is 0 Å². The molecule has 120 valence electrons. The zero-order valence-corrected chi connectivity index (χ0v) is 13.6. The van der Waals surface area contributed by atoms with Gasteiger partial charge in [-0.2, -0.15) is 0 Å². The molecule has 0 aliphatic carbocycles. The number of likely N-dealkylation sites (N-methyl/N-ethyl adjacent to an activating group) is 1. The molecule has 0 radical (unpaired) electrons. The fraction of sp³-hybridized carbons (Fsp3) is 0.625. The predicted octanol–water partition coefficient (Wildman–Crippen LogP) is 1.50. The van der Waals surface area contributed by atoms with Gasteiger partial charge >= 0.3 is 0 Å². The van der Waals surface area contributed by atoms with E-state index in [0.29, 0.717) is 19.6 Å². The quantitative estimate of drug-likeness (QED) is 0.685. The minimum absolute atomic E-state index is 0.367. The summed E-state index contributed by atoms with van der Waals surface area (Å²) in [6, 6.07) is 5.75. The molecular weight excluding hydrogens is 268 g/mol. The van der Waals surface area contributed by atoms with Crippen molar-refractivity contribution in [3.63, 3.8) is 0 Å². The Morgan fingerprint density at radius 2 is 1.90 bits per heavy atom. The number of benzene rings is 1. The molecule has 1 unspecified atom stereocenters. The number of rotatable bonds is 10. The lowest BCUT2D eigenvalue weighted by molar-refractivity contribution is 0.116. The van der Waals surface area contributed by atoms with E-state index in [4.69, 9.17) is 9.47 Å². The summed E-state index contributed by atoms with van der Waals surface area (Å²) in [5.41, 5.74) is 1.05. The SMILES string of the molecule is CCN(CC)CC(O)CNCc1ccc(OC)cc1OC. The highest BCUT2D eigenvalue weighted by atomic mass is 16.5. The first-order valence-corrected chi connectivity index (χ1v) is 7.46. The Bertz CT molecular complexity index is 409. The number of ether oxygens (including phenoxy) is 2. The number of aliphatic hydroxyl groups excluding tert-OH is 1. The molecule has 0 fully saturated rings. The second kappa shape index (κ2) is 9.60. The summed E-state index contributed by atoms with van der Waals surface area (Å²) in [4.78, 5) is 2.21. The van der Waals surface area contributed by atoms with Gasteiger partial charge in [0.2, 0.25) is 0 Å². The Morgan fingerprint density at radius 3 is 2.48 bits per heavy atom. The summed E-state index contributed by atoms with van der Waals surface area (Å²) >= 11 is 0. The molecule has 0 saturated carbocycles. The lowest BCUT2D eigenvalue weighted by atomic mass is 10.2. The molecule has 1 atom stereocenters. The van der Waals surface area contributed by atoms with Crippen molar-refractivity contribution in [2.45, 2.75) is 26.5 Å². The van der Waals surface area contributed by atoms with E-state index in [-0.39, 0.29) is 6.10 Å². The van der Waals surface area contributed by atoms with Crippen molar-refractivity contribution in [2.75, 3.05) is 40.4 Å². The molecule has 1 rings (SSSR count). The number of aliphatic hydroxyl groups is 1. The molecule has 1 aromatic carbocycles. The van der Waals surface area contributed by atoms with Gasteiger partial charge in [0.05, 0.1) is 20.3 Å². The predicted molar refractivity (Wildman–Crippen MR) is 85.0 cm³/mol. The van der Waals surface area contributed by atoms with E-state index in [1.54, 1.807) is 14.2 Å². The first-order chi connectivity index (χ1) is 10.1. The molecule has 1 aromatic rings. The van der Waals surface area contributed by atoms with Crippen molar-refractivity contribution in [3.05, 3.63) is 23.8 Å². The number of nitrogens with one attached hydrogen (secondary N) is 1. The molecule has 0 aromatic heterocycles. The largest absolute Gasteiger partial charge is 0.497 e. The van der Waals surface area contributed by atoms with Crippen molar-refractivity contribution in [2.24, 2.45) is 0 Å². The molecule has 2 N–H and O–H groups in total. The fourth-order valence-corrected chi connectivity index (χ4v) is 2.22. The molecule has 21 heavy (non-hydrogen) atoms. The van der Waals surface area contributed by atoms with Crippen LogP contribution >= 0.6 is 0 Å². The smallest absolute Gasteiger partial charge is 0.127 e. The molecule has 0 aliphatic rings. The van der Waals surface area contributed by atoms with Crippen LogP contribution in [-0.2, 0) is 6.54 Å². The average Bonchev–Trinajstić information content (AvgIpc) is 2.52. The van der Waals surface area contributed by atoms with Gasteiger partial charge in [0, 0.05) is 31.3 Å². The van der Waals surface area contributed by atoms with Crippen LogP contribution in [0.5, 0.6) is 11.5 Å². The third-order valence-corrected chi connectivity index (χ3v) is 3.55. The maximum absolute atomic E-state index is 10.0. The number of nitrogens with zero attached hydrogens (tertiary/aromatic N) is 1. The number of hydrogen-bond donors (Lipinski definition) is 2. The zero-order chi connectivity index (χ0) is 15.7. The summed E-state index contributed by atoms with van der Waals surface area (Å²) in [7, 11) is 3.28. The molecule has 0 bridgehead atoms. The summed E-state index contributed by atoms with van der Waals surface area (Å²) in [5.74, 6) is 1.57. The monoisotopic (exact) mass is 296 g/mol. The highest BCUT2D eigenvalue weighted by Crippen LogP contribution is 2.24. The van der Waals surface area contributed by atoms with E-state index in [1.165, 1.54) is 0 Å². The third kappa shape index (κ3) is 5.91. The molecule has 0 aliphatic heterocycles. The normalized spacial score (nSPS) is 12.5. The summed E-state index contributed by atoms with van der Waals surface area (Å²) in [5, 5.41) is 13.3. The minimum atomic E-state index is -0.367. The van der Waals surface area contributed by atoms with E-state index in [2.05, 4.69) is 24.1 Å². The van der Waals surface area contributed by atoms with E-state index in [1.807, 2.05) is 18.2 Å². The molecule has 5 nitrogen and oxygen atoms in total. The summed E-state index contributed by atoms with van der Waals surface area (Å²) in [6.45, 7) is 8.03. The molecule has 0 spiro atoms. The number of methoxy groups -OCH3 is 2. The van der Waals surface area contributed by atoms with Crippen molar-refractivity contribution in [1.82, 2.24) is 10.2 Å². The molecular formula is C16H28N2O3. The highest BCUT2D eigenvalue weighted by Gasteiger charge is 2.09. The van der Waals surface area contributed by atoms with E-state index >= 15 is 0 Å². The van der Waals surface area contributed by atoms with Gasteiger partial charge in [0.25, 0.3) is 0 Å². The van der Waals surface area contributed by atoms with Crippen molar-refractivity contribution in [3.8, 4) is 11.5 Å². The number of hydrogen-bond acceptors (Lipinski definition) is 5. The Labute approximate surface area is 127 Å². The summed E-state index contributed by atoms with van der Waals surface area (Å²) < 4.78 is 10.5. The minimum Gasteiger partial charge on any atom is -0.497 e. The molecule has 5 heteroatoms. The maximum atomic E-state index is 10.0. The van der Waals surface area contributed by atoms with Crippen LogP contribution in [0.4, 0.5) is 0 Å². The Balaban J connectivity index is 2.45. The first kappa shape index (κ1) is 17.8. The van der Waals surface area contributed by atoms with Gasteiger partial charge < -0.3 is 24.8 Å². The first-order valence-electron chi connectivity index (χ1n) is 7.46. The van der Waals surface area contributed by atoms with Gasteiger partial charge in [0.15, 0.2) is 0 Å². The van der Waals surface area contributed by atoms with Crippen LogP contribution in [-0.4, -0.2) is 56.5 Å². The van der Waals surface area contributed by atoms with Gasteiger partial charge in [0.1, 0.15) is 11.5 Å². The van der Waals surface area contributed by atoms with Gasteiger partial charge in [-0.05, 0) is 19.2 Å². The van der Waals surface area contributed by atoms with Gasteiger partial charge in [-0.25, -0.2) is 0 Å². The average molecular weight is 296 g/mol. The Morgan fingerprint density at radius 1 is 1.19 bits per heavy atom. The van der Waals surface area contributed by atoms with Crippen molar-refractivity contribution in [1.29, 1.82) is 0 Å². The highest BCUT2D eigenvalue weighted by molar-refractivity contribution is 5.40. The van der Waals surface area contributed by atoms with Crippen LogP contribution in [0.3, 0.4) is 0 Å². The maximum Gasteiger partial charge on any atom is 0.127 e. The van der Waals surface area contributed by atoms with E-state index in [0.717, 1.165) is 30.2 Å². The van der Waals surface area contributed by atoms with Gasteiger partial charge in [-0.15, -0.1) is 0 Å². The van der Waals surface area contributed by atoms with Crippen LogP contribution in [0.25, 0.3) is 0 Å². The second-order valence-electron chi connectivity index (χ2n) is 4.95. The van der Waals surface area contributed by atoms with E-state index < -0.39 is 0 Å². The molecule has 0 saturated heterocycles. The second-order valence-corrected chi connectivity index (χ2v) is 4.95. The third-order valence-electron chi connectivity index (χ3n) is 3.55. The zero-order valence-electron chi connectivity index (χ0n) is 13.6. The molecule has 0 heterocycles. The van der Waals surface area contributed by atoms with E-state index in [9.17, 15) is 5.11 Å². The van der Waals surface area contributed by atoms with Gasteiger partial charge in [-0.3, -0.25) is 0 Å². The molecule has 0 amide bonds. The van der Waals surface area contributed by atoms with Crippen LogP contribution in [0.2, 0.25) is 0 Å². The van der Waals surface area contributed by atoms with Crippen LogP contribution < -0.4 is 14.8 Å². The Kier molecular flexibility index (Phi) is 8.12. The standard InChI is InChI=1S/C16H28N2O3/c1-5-18(6-2)12-14(19)11-17-10-13-7-8-15(20-3)9-16(13)21-4/h7-9,14,17,19H,5-6,10-12H2,1-4H3. The lowest BCUT2D eigenvalue weighted by Gasteiger charge is -2.22. The van der Waals surface area contributed by atoms with Gasteiger partial charge in [-0.1, -0.05) is 19.9 Å². The van der Waals surface area contributed by atoms with Crippen LogP contribution in [0.1, 0.15) is 19.4 Å². The van der Waals surface area contributed by atoms with Crippen molar-refractivity contribution < 1.29 is 14.6 Å².